The van der Waals surface area contributed by atoms with Crippen molar-refractivity contribution in [2.45, 2.75) is 155 Å². The van der Waals surface area contributed by atoms with Gasteiger partial charge < -0.3 is 63.8 Å². The molecule has 2 unspecified atom stereocenters. The number of aromatic carboxylic acids is 1. The van der Waals surface area contributed by atoms with Gasteiger partial charge in [0.1, 0.15) is 22.9 Å². The molecular weight excluding hydrogens is 1650 g/mol. The number of nitro groups is 2. The SMILES string of the molecule is CC(C)c1nc(Sc2ccc(CCC(=O)O)cc2)c(C(=O)O)n1Cc1cc2c(cc1Cl)OCO2.CCCCS(=O)(=O)NC(=O)[C@@H](NC(=O)[C@@H](Cc1ccc(-c2ccno2)cc1)N(C)C(=O)c1cc(C)cc(C)c1)C(C)C.COC(=O)C1=C(C)NC(C)=C(C(=O)OC(=O)C2=C(C)NC(C)=C(C(=O)OC)C2c2cccc([N+](=O)[O-])c2)C1c1cccc([N+](=O)[O-])c1. The Hall–Kier alpha value is -13.3. The summed E-state index contributed by atoms with van der Waals surface area (Å²) in [6, 6.07) is 33.9. The number of amides is 3. The zero-order valence-corrected chi connectivity index (χ0v) is 72.1. The average molecular weight is 1750 g/mol. The van der Waals surface area contributed by atoms with Crippen LogP contribution in [0.1, 0.15) is 165 Å². The average Bonchev–Trinajstić information content (AvgIpc) is 1.56. The zero-order valence-electron chi connectivity index (χ0n) is 69.7. The fourth-order valence-electron chi connectivity index (χ4n) is 14.1. The maximum absolute atomic E-state index is 14.0. The van der Waals surface area contributed by atoms with E-state index in [1.54, 1.807) is 75.8 Å². The monoisotopic (exact) mass is 1740 g/mol. The van der Waals surface area contributed by atoms with Crippen LogP contribution < -0.4 is 30.1 Å². The molecule has 0 radical (unpaired) electrons. The summed E-state index contributed by atoms with van der Waals surface area (Å²) in [5, 5.41) is 55.2. The highest BCUT2D eigenvalue weighted by molar-refractivity contribution is 7.99. The van der Waals surface area contributed by atoms with Crippen LogP contribution in [-0.2, 0) is 77.2 Å². The number of nitrogens with zero attached hydrogens (tertiary/aromatic N) is 6. The molecule has 6 N–H and O–H groups in total. The number of dihydropyridines is 2. The number of aliphatic carboxylic acids is 1. The van der Waals surface area contributed by atoms with Gasteiger partial charge in [-0.25, -0.2) is 37.4 Å². The number of unbranched alkanes of at least 4 members (excludes halogenated alkanes) is 1. The number of sulfonamides is 1. The Morgan fingerprint density at radius 3 is 1.68 bits per heavy atom. The molecule has 0 bridgehead atoms. The highest BCUT2D eigenvalue weighted by Crippen LogP contribution is 2.45. The van der Waals surface area contributed by atoms with Crippen LogP contribution in [0, 0.1) is 40.0 Å². The summed E-state index contributed by atoms with van der Waals surface area (Å²) in [6.45, 7) is 19.4. The van der Waals surface area contributed by atoms with Crippen molar-refractivity contribution in [3.63, 3.8) is 0 Å². The van der Waals surface area contributed by atoms with E-state index in [4.69, 9.17) is 44.9 Å². The number of aromatic nitrogens is 3. The van der Waals surface area contributed by atoms with Crippen LogP contribution in [0.5, 0.6) is 11.5 Å². The minimum absolute atomic E-state index is 0.0290. The second-order valence-electron chi connectivity index (χ2n) is 29.7. The molecule has 3 amide bonds. The molecule has 4 atom stereocenters. The summed E-state index contributed by atoms with van der Waals surface area (Å²) in [5.41, 5.74) is 5.73. The molecular formula is C87H93ClN10O23S2. The number of methoxy groups -OCH3 is 2. The molecule has 8 aromatic rings. The smallest absolute Gasteiger partial charge is 0.355 e. The lowest BCUT2D eigenvalue weighted by atomic mass is 9.79. The van der Waals surface area contributed by atoms with Gasteiger partial charge in [-0.3, -0.25) is 44.1 Å². The summed E-state index contributed by atoms with van der Waals surface area (Å²) in [4.78, 5) is 146. The van der Waals surface area contributed by atoms with Gasteiger partial charge in [0.25, 0.3) is 23.2 Å². The molecule has 123 heavy (non-hydrogen) atoms. The first-order valence-electron chi connectivity index (χ1n) is 38.6. The summed E-state index contributed by atoms with van der Waals surface area (Å²) in [7, 11) is -0.0369. The van der Waals surface area contributed by atoms with Gasteiger partial charge in [0, 0.05) is 106 Å². The maximum Gasteiger partial charge on any atom is 0.355 e. The number of carboxylic acids is 2. The summed E-state index contributed by atoms with van der Waals surface area (Å²) >= 11 is 7.72. The zero-order chi connectivity index (χ0) is 90.2. The van der Waals surface area contributed by atoms with Crippen LogP contribution in [0.4, 0.5) is 11.4 Å². The van der Waals surface area contributed by atoms with Crippen LogP contribution in [0.3, 0.4) is 0 Å². The predicted octanol–water partition coefficient (Wildman–Crippen LogP) is 13.4. The van der Waals surface area contributed by atoms with Crippen molar-refractivity contribution in [2.24, 2.45) is 5.92 Å². The lowest BCUT2D eigenvalue weighted by Gasteiger charge is -2.31. The van der Waals surface area contributed by atoms with Crippen LogP contribution in [-0.4, -0.2) is 148 Å². The fraction of sp³-hybridized carbons (Fsp3) is 0.322. The summed E-state index contributed by atoms with van der Waals surface area (Å²) in [6.07, 6.45) is 3.25. The summed E-state index contributed by atoms with van der Waals surface area (Å²) < 4.78 is 60.0. The minimum atomic E-state index is -3.85. The molecule has 11 rings (SSSR count). The number of carbonyl (C=O) groups is 9. The molecule has 6 aromatic carbocycles. The normalized spacial score (nSPS) is 14.6. The van der Waals surface area contributed by atoms with E-state index in [2.05, 4.69) is 30.8 Å². The largest absolute Gasteiger partial charge is 0.481 e. The number of hydrogen-bond acceptors (Lipinski definition) is 26. The van der Waals surface area contributed by atoms with Gasteiger partial charge in [-0.2, -0.15) is 0 Å². The number of rotatable bonds is 30. The van der Waals surface area contributed by atoms with Gasteiger partial charge in [0.05, 0.1) is 76.7 Å². The molecule has 36 heteroatoms. The van der Waals surface area contributed by atoms with E-state index >= 15 is 0 Å². The Labute approximate surface area is 717 Å². The third kappa shape index (κ3) is 23.3. The quantitative estimate of drug-likeness (QED) is 0.00800. The number of halogens is 1. The predicted molar refractivity (Wildman–Crippen MR) is 451 cm³/mol. The number of esters is 4. The van der Waals surface area contributed by atoms with Gasteiger partial charge in [0.15, 0.2) is 23.0 Å². The number of fused-ring (bicyclic) bond motifs is 1. The molecule has 0 fully saturated rings. The maximum atomic E-state index is 14.0. The molecule has 648 valence electrons. The van der Waals surface area contributed by atoms with Crippen molar-refractivity contribution >= 4 is 98.3 Å². The van der Waals surface area contributed by atoms with Crippen molar-refractivity contribution in [2.75, 3.05) is 33.8 Å². The number of imidazole rings is 1. The number of allylic oxidation sites excluding steroid dienone is 4. The number of nitro benzene ring substituents is 2. The summed E-state index contributed by atoms with van der Waals surface area (Å²) in [5.74, 6) is -8.51. The van der Waals surface area contributed by atoms with Crippen molar-refractivity contribution in [3.8, 4) is 22.8 Å². The lowest BCUT2D eigenvalue weighted by Crippen LogP contribution is -2.57. The van der Waals surface area contributed by atoms with Crippen molar-refractivity contribution in [3.05, 3.63) is 266 Å². The third-order valence-corrected chi connectivity index (χ3v) is 22.7. The topological polar surface area (TPSA) is 456 Å². The first kappa shape index (κ1) is 93.6. The Bertz CT molecular complexity index is 5530. The van der Waals surface area contributed by atoms with Gasteiger partial charge in [-0.1, -0.05) is 147 Å². The van der Waals surface area contributed by atoms with Gasteiger partial charge in [-0.15, -0.1) is 0 Å². The lowest BCUT2D eigenvalue weighted by molar-refractivity contribution is -0.385. The second kappa shape index (κ2) is 41.3. The molecule has 0 saturated heterocycles. The van der Waals surface area contributed by atoms with Gasteiger partial charge in [-0.05, 0) is 118 Å². The van der Waals surface area contributed by atoms with E-state index in [0.717, 1.165) is 46.9 Å². The molecule has 3 aliphatic rings. The number of carboxylic acid groups (broad SMARTS) is 2. The number of nitrogens with one attached hydrogen (secondary N) is 4. The Kier molecular flexibility index (Phi) is 31.4. The van der Waals surface area contributed by atoms with E-state index in [1.165, 1.54) is 79.0 Å². The van der Waals surface area contributed by atoms with Crippen LogP contribution >= 0.6 is 23.4 Å². The highest BCUT2D eigenvalue weighted by Gasteiger charge is 2.44. The fourth-order valence-corrected chi connectivity index (χ4v) is 16.4. The molecule has 0 aliphatic carbocycles. The van der Waals surface area contributed by atoms with Crippen molar-refractivity contribution in [1.29, 1.82) is 0 Å². The number of ether oxygens (including phenoxy) is 5. The number of carbonyl (C=O) groups excluding carboxylic acids is 7. The number of hydrogen-bond donors (Lipinski definition) is 6. The van der Waals surface area contributed by atoms with Crippen LogP contribution in [0.25, 0.3) is 11.3 Å². The van der Waals surface area contributed by atoms with E-state index in [0.29, 0.717) is 74.9 Å². The number of non-ortho nitro benzene ring substituents is 2. The Morgan fingerprint density at radius 1 is 0.691 bits per heavy atom. The Morgan fingerprint density at radius 2 is 1.21 bits per heavy atom. The van der Waals surface area contributed by atoms with E-state index in [1.807, 2.05) is 89.2 Å². The van der Waals surface area contributed by atoms with Crippen molar-refractivity contribution in [1.82, 2.24) is 40.3 Å². The molecule has 2 aromatic heterocycles. The standard InChI is InChI=1S/C32H30N4O11.C31H40N4O6S.C24H23ClN2O6S/c1-15-23(29(37)45-5)27(19-9-7-11-21(13-19)35(41)42)25(17(3)33-15)31(39)47-32(40)26-18(4)34-16(2)24(30(38)46-6)28(26)20-10-8-12-22(14-20)36(43)44;1-7-8-15-42(39,40)34-30(37)28(20(2)3)33-29(36)26(35(6)31(38)25-17-21(4)16-22(5)18-25)19-23-9-11-24(12-10-23)27-13-14-32-41-27;1-13(2)22-26-23(34-16-6-3-14(4-7-16)5-8-20(28)29)21(24(30)31)27(22)11-15-9-18-19(10-17(15)25)33-12-32-18/h7-14,27-28,33-34H,1-6H3;9-14,16-18,20,26,28H,7-8,15,19H2,1-6H3,(H,33,36)(H,34,37);3-4,6-7,9-10,13H,5,8,11-12H2,1-2H3,(H,28,29)(H,30,31)/t;26-,28+;/m.1./s1. The number of aryl methyl sites for hydroxylation is 3. The van der Waals surface area contributed by atoms with Crippen molar-refractivity contribution < 1.29 is 99.8 Å². The minimum Gasteiger partial charge on any atom is -0.481 e. The number of likely N-dealkylation sites (N-methyl/N-ethyl adjacent to an activating group) is 1. The molecule has 0 spiro atoms. The highest BCUT2D eigenvalue weighted by atomic mass is 35.5. The van der Waals surface area contributed by atoms with Gasteiger partial charge in [0.2, 0.25) is 22.7 Å². The van der Waals surface area contributed by atoms with Crippen LogP contribution in [0.2, 0.25) is 5.02 Å². The molecule has 3 aliphatic heterocycles. The third-order valence-electron chi connectivity index (χ3n) is 20.0. The first-order valence-corrected chi connectivity index (χ1v) is 41.5. The molecule has 5 heterocycles. The van der Waals surface area contributed by atoms with Gasteiger partial charge >= 0.3 is 35.8 Å². The Balaban J connectivity index is 0.000000212. The second-order valence-corrected chi connectivity index (χ2v) is 33.0. The van der Waals surface area contributed by atoms with Crippen LogP contribution in [0.15, 0.2) is 199 Å². The number of benzene rings is 6. The van der Waals surface area contributed by atoms with E-state index in [9.17, 15) is 76.9 Å². The van der Waals surface area contributed by atoms with E-state index in [-0.39, 0.29) is 106 Å². The molecule has 0 saturated carbocycles. The molecule has 33 nitrogen and oxygen atoms in total. The van der Waals surface area contributed by atoms with E-state index < -0.39 is 97.3 Å². The first-order chi connectivity index (χ1) is 58.2.